The number of aromatic nitrogens is 1. The Hall–Kier alpha value is -7.16. The molecule has 0 saturated carbocycles. The second kappa shape index (κ2) is 11.4. The number of hydrogen-bond acceptors (Lipinski definition) is 1. The van der Waals surface area contributed by atoms with Crippen LogP contribution in [-0.4, -0.2) is 4.57 Å². The average Bonchev–Trinajstić information content (AvgIpc) is 3.85. The molecule has 0 aliphatic heterocycles. The second-order valence-electron chi connectivity index (χ2n) is 14.9. The Bertz CT molecular complexity index is 3100. The van der Waals surface area contributed by atoms with Crippen molar-refractivity contribution in [3.63, 3.8) is 0 Å². The molecule has 1 aromatic heterocycles. The SMILES string of the molecule is c1ccc(-n2c3ccccc3c3ccc(N(c4ccc5c(c4)C4(c6ccccc6-c6ccccc64)c4ccccc4-5)c4ccc5ccccc5c4)cc32)cc1. The molecule has 2 heteroatoms. The molecule has 256 valence electrons. The Kier molecular flexibility index (Phi) is 6.29. The minimum atomic E-state index is -0.423. The molecule has 10 aromatic rings. The van der Waals surface area contributed by atoms with Crippen molar-refractivity contribution in [2.24, 2.45) is 0 Å². The molecule has 2 aliphatic carbocycles. The van der Waals surface area contributed by atoms with E-state index in [9.17, 15) is 0 Å². The van der Waals surface area contributed by atoms with E-state index in [2.05, 4.69) is 216 Å². The lowest BCUT2D eigenvalue weighted by Crippen LogP contribution is -2.26. The van der Waals surface area contributed by atoms with E-state index in [0.717, 1.165) is 22.7 Å². The summed E-state index contributed by atoms with van der Waals surface area (Å²) in [6.45, 7) is 0. The molecule has 2 nitrogen and oxygen atoms in total. The van der Waals surface area contributed by atoms with Crippen molar-refractivity contribution in [1.82, 2.24) is 4.57 Å². The monoisotopic (exact) mass is 698 g/mol. The van der Waals surface area contributed by atoms with Gasteiger partial charge in [-0.25, -0.2) is 0 Å². The Morgan fingerprint density at radius 3 is 1.56 bits per heavy atom. The lowest BCUT2D eigenvalue weighted by atomic mass is 9.70. The molecular weight excluding hydrogens is 665 g/mol. The van der Waals surface area contributed by atoms with Gasteiger partial charge in [0, 0.05) is 33.5 Å². The lowest BCUT2D eigenvalue weighted by molar-refractivity contribution is 0.793. The van der Waals surface area contributed by atoms with Crippen LogP contribution < -0.4 is 4.90 Å². The highest BCUT2D eigenvalue weighted by Crippen LogP contribution is 2.63. The summed E-state index contributed by atoms with van der Waals surface area (Å²) < 4.78 is 2.41. The molecule has 0 N–H and O–H groups in total. The normalized spacial score (nSPS) is 13.2. The van der Waals surface area contributed by atoms with Gasteiger partial charge in [0.25, 0.3) is 0 Å². The van der Waals surface area contributed by atoms with Gasteiger partial charge in [0.2, 0.25) is 0 Å². The quantitative estimate of drug-likeness (QED) is 0.178. The maximum atomic E-state index is 2.49. The van der Waals surface area contributed by atoms with Gasteiger partial charge in [-0.1, -0.05) is 152 Å². The fourth-order valence-electron chi connectivity index (χ4n) is 9.94. The van der Waals surface area contributed by atoms with Gasteiger partial charge in [0.05, 0.1) is 16.4 Å². The molecule has 0 fully saturated rings. The third-order valence-corrected chi connectivity index (χ3v) is 12.2. The van der Waals surface area contributed by atoms with Gasteiger partial charge in [-0.15, -0.1) is 0 Å². The summed E-state index contributed by atoms with van der Waals surface area (Å²) in [4.78, 5) is 2.46. The summed E-state index contributed by atoms with van der Waals surface area (Å²) in [6, 6.07) is 76.3. The summed E-state index contributed by atoms with van der Waals surface area (Å²) in [5, 5.41) is 4.94. The Labute approximate surface area is 319 Å². The second-order valence-corrected chi connectivity index (χ2v) is 14.9. The zero-order valence-electron chi connectivity index (χ0n) is 30.0. The molecular formula is C53H34N2. The van der Waals surface area contributed by atoms with Gasteiger partial charge >= 0.3 is 0 Å². The Morgan fingerprint density at radius 2 is 0.836 bits per heavy atom. The number of rotatable bonds is 4. The predicted molar refractivity (Wildman–Crippen MR) is 229 cm³/mol. The van der Waals surface area contributed by atoms with Crippen molar-refractivity contribution in [2.45, 2.75) is 5.41 Å². The molecule has 0 amide bonds. The zero-order chi connectivity index (χ0) is 36.1. The highest BCUT2D eigenvalue weighted by Gasteiger charge is 2.51. The van der Waals surface area contributed by atoms with Crippen molar-refractivity contribution >= 4 is 49.6 Å². The summed E-state index contributed by atoms with van der Waals surface area (Å²) in [6.07, 6.45) is 0. The number of nitrogens with zero attached hydrogens (tertiary/aromatic N) is 2. The summed E-state index contributed by atoms with van der Waals surface area (Å²) in [5.41, 5.74) is 17.1. The van der Waals surface area contributed by atoms with Gasteiger partial charge < -0.3 is 9.47 Å². The van der Waals surface area contributed by atoms with E-state index in [4.69, 9.17) is 0 Å². The summed E-state index contributed by atoms with van der Waals surface area (Å²) in [5.74, 6) is 0. The van der Waals surface area contributed by atoms with Crippen LogP contribution in [0.4, 0.5) is 17.1 Å². The molecule has 0 bridgehead atoms. The van der Waals surface area contributed by atoms with Crippen LogP contribution in [0.1, 0.15) is 22.3 Å². The number of benzene rings is 9. The van der Waals surface area contributed by atoms with Crippen molar-refractivity contribution in [2.75, 3.05) is 4.90 Å². The van der Waals surface area contributed by atoms with Gasteiger partial charge in [-0.3, -0.25) is 0 Å². The van der Waals surface area contributed by atoms with Crippen molar-refractivity contribution in [3.05, 3.63) is 229 Å². The maximum Gasteiger partial charge on any atom is 0.0726 e. The zero-order valence-corrected chi connectivity index (χ0v) is 30.0. The van der Waals surface area contributed by atoms with Crippen molar-refractivity contribution < 1.29 is 0 Å². The first kappa shape index (κ1) is 30.3. The lowest BCUT2D eigenvalue weighted by Gasteiger charge is -2.32. The minimum Gasteiger partial charge on any atom is -0.310 e. The first-order valence-corrected chi connectivity index (χ1v) is 19.1. The van der Waals surface area contributed by atoms with Crippen LogP contribution in [-0.2, 0) is 5.41 Å². The first-order valence-electron chi connectivity index (χ1n) is 19.1. The van der Waals surface area contributed by atoms with Crippen molar-refractivity contribution in [3.8, 4) is 27.9 Å². The number of hydrogen-bond donors (Lipinski definition) is 0. The number of fused-ring (bicyclic) bond motifs is 14. The van der Waals surface area contributed by atoms with Crippen LogP contribution >= 0.6 is 0 Å². The molecule has 0 saturated heterocycles. The molecule has 2 aliphatic rings. The average molecular weight is 699 g/mol. The predicted octanol–water partition coefficient (Wildman–Crippen LogP) is 13.8. The van der Waals surface area contributed by atoms with E-state index in [1.165, 1.54) is 77.1 Å². The molecule has 55 heavy (non-hydrogen) atoms. The van der Waals surface area contributed by atoms with Gasteiger partial charge in [0.15, 0.2) is 0 Å². The molecule has 0 atom stereocenters. The Balaban J connectivity index is 1.15. The molecule has 12 rings (SSSR count). The molecule has 9 aromatic carbocycles. The van der Waals surface area contributed by atoms with Crippen LogP contribution in [0.15, 0.2) is 206 Å². The topological polar surface area (TPSA) is 8.17 Å². The largest absolute Gasteiger partial charge is 0.310 e. The number of para-hydroxylation sites is 2. The van der Waals surface area contributed by atoms with E-state index in [-0.39, 0.29) is 0 Å². The van der Waals surface area contributed by atoms with Crippen LogP contribution in [0.25, 0.3) is 60.5 Å². The van der Waals surface area contributed by atoms with E-state index >= 15 is 0 Å². The molecule has 1 heterocycles. The van der Waals surface area contributed by atoms with Gasteiger partial charge in [-0.2, -0.15) is 0 Å². The highest BCUT2D eigenvalue weighted by atomic mass is 15.1. The van der Waals surface area contributed by atoms with Crippen LogP contribution in [0.2, 0.25) is 0 Å². The third-order valence-electron chi connectivity index (χ3n) is 12.2. The van der Waals surface area contributed by atoms with E-state index in [1.54, 1.807) is 0 Å². The standard InChI is InChI=1S/C53H34N2/c1-2-16-37(17-3-1)55-51-25-13-9-21-45(51)46-31-29-40(34-52(46)55)54(38-27-26-35-14-4-5-15-36(35)32-38)39-28-30-44-43-20-8-12-24-49(43)53(50(44)33-39)47-22-10-6-18-41(47)42-19-7-11-23-48(42)53/h1-34H. The van der Waals surface area contributed by atoms with E-state index in [0.29, 0.717) is 0 Å². The fraction of sp³-hybridized carbons (Fsp3) is 0.0189. The Morgan fingerprint density at radius 1 is 0.327 bits per heavy atom. The third kappa shape index (κ3) is 4.14. The van der Waals surface area contributed by atoms with Gasteiger partial charge in [0.1, 0.15) is 0 Å². The van der Waals surface area contributed by atoms with E-state index in [1.807, 2.05) is 0 Å². The number of anilines is 3. The van der Waals surface area contributed by atoms with Gasteiger partial charge in [-0.05, 0) is 110 Å². The highest BCUT2D eigenvalue weighted by molar-refractivity contribution is 6.10. The molecule has 0 unspecified atom stereocenters. The fourth-order valence-corrected chi connectivity index (χ4v) is 9.94. The van der Waals surface area contributed by atoms with Crippen LogP contribution in [0.5, 0.6) is 0 Å². The summed E-state index contributed by atoms with van der Waals surface area (Å²) in [7, 11) is 0. The first-order chi connectivity index (χ1) is 27.3. The van der Waals surface area contributed by atoms with Crippen LogP contribution in [0, 0.1) is 0 Å². The smallest absolute Gasteiger partial charge is 0.0726 e. The summed E-state index contributed by atoms with van der Waals surface area (Å²) >= 11 is 0. The van der Waals surface area contributed by atoms with E-state index < -0.39 is 5.41 Å². The van der Waals surface area contributed by atoms with Crippen LogP contribution in [0.3, 0.4) is 0 Å². The maximum absolute atomic E-state index is 2.49. The van der Waals surface area contributed by atoms with Crippen molar-refractivity contribution in [1.29, 1.82) is 0 Å². The molecule has 0 radical (unpaired) electrons. The minimum absolute atomic E-state index is 0.423. The molecule has 1 spiro atoms.